The smallest absolute Gasteiger partial charge is 0.0783 e. The predicted octanol–water partition coefficient (Wildman–Crippen LogP) is 2.92. The van der Waals surface area contributed by atoms with Crippen molar-refractivity contribution in [2.24, 2.45) is 17.8 Å². The molecule has 2 heterocycles. The third kappa shape index (κ3) is 2.59. The van der Waals surface area contributed by atoms with E-state index in [1.165, 1.54) is 56.6 Å². The summed E-state index contributed by atoms with van der Waals surface area (Å²) < 4.78 is 6.17. The molecular formula is C15H27NOS. The zero-order valence-electron chi connectivity index (χ0n) is 11.6. The minimum atomic E-state index is 0.278. The molecule has 3 aliphatic rings. The molecular weight excluding hydrogens is 242 g/mol. The molecule has 3 fully saturated rings. The van der Waals surface area contributed by atoms with E-state index in [1.807, 2.05) is 0 Å². The minimum Gasteiger partial charge on any atom is -0.374 e. The topological polar surface area (TPSA) is 21.3 Å². The largest absolute Gasteiger partial charge is 0.374 e. The van der Waals surface area contributed by atoms with Gasteiger partial charge in [-0.05, 0) is 69.2 Å². The molecule has 2 aliphatic heterocycles. The Labute approximate surface area is 116 Å². The summed E-state index contributed by atoms with van der Waals surface area (Å²) in [4.78, 5) is 0. The third-order valence-corrected chi connectivity index (χ3v) is 6.61. The van der Waals surface area contributed by atoms with Crippen LogP contribution in [0.4, 0.5) is 0 Å². The highest BCUT2D eigenvalue weighted by Gasteiger charge is 2.44. The highest BCUT2D eigenvalue weighted by atomic mass is 32.2. The Morgan fingerprint density at radius 2 is 2.28 bits per heavy atom. The Morgan fingerprint density at radius 1 is 1.33 bits per heavy atom. The normalized spacial score (nSPS) is 44.8. The van der Waals surface area contributed by atoms with Crippen molar-refractivity contribution < 1.29 is 4.74 Å². The van der Waals surface area contributed by atoms with Gasteiger partial charge in [-0.3, -0.25) is 0 Å². The van der Waals surface area contributed by atoms with Gasteiger partial charge in [0.2, 0.25) is 0 Å². The van der Waals surface area contributed by atoms with E-state index in [4.69, 9.17) is 4.74 Å². The first kappa shape index (κ1) is 13.3. The van der Waals surface area contributed by atoms with Crippen LogP contribution in [0.1, 0.15) is 38.5 Å². The summed E-state index contributed by atoms with van der Waals surface area (Å²) in [7, 11) is 2.11. The summed E-state index contributed by atoms with van der Waals surface area (Å²) in [5.41, 5.74) is 0.278. The van der Waals surface area contributed by atoms with Gasteiger partial charge in [0.05, 0.1) is 5.60 Å². The van der Waals surface area contributed by atoms with Crippen molar-refractivity contribution in [1.29, 1.82) is 0 Å². The Balaban J connectivity index is 1.64. The van der Waals surface area contributed by atoms with Gasteiger partial charge >= 0.3 is 0 Å². The van der Waals surface area contributed by atoms with Crippen LogP contribution in [-0.4, -0.2) is 37.3 Å². The standard InChI is InChI=1S/C15H27NOS/c1-16-10-13-3-2-4-14(13)12-5-7-17-15(9-12)6-8-18-11-15/h12-14,16H,2-11H2,1H3. The first-order valence-corrected chi connectivity index (χ1v) is 8.85. The van der Waals surface area contributed by atoms with Crippen LogP contribution < -0.4 is 5.32 Å². The number of nitrogens with one attached hydrogen (secondary N) is 1. The summed E-state index contributed by atoms with van der Waals surface area (Å²) in [6, 6.07) is 0. The van der Waals surface area contributed by atoms with Crippen LogP contribution >= 0.6 is 11.8 Å². The number of rotatable bonds is 3. The average Bonchev–Trinajstić information content (AvgIpc) is 3.00. The van der Waals surface area contributed by atoms with Crippen molar-refractivity contribution >= 4 is 11.8 Å². The van der Waals surface area contributed by atoms with Gasteiger partial charge < -0.3 is 10.1 Å². The second kappa shape index (κ2) is 5.72. The van der Waals surface area contributed by atoms with E-state index < -0.39 is 0 Å². The lowest BCUT2D eigenvalue weighted by molar-refractivity contribution is -0.0917. The predicted molar refractivity (Wildman–Crippen MR) is 78.1 cm³/mol. The molecule has 4 atom stereocenters. The van der Waals surface area contributed by atoms with E-state index in [0.29, 0.717) is 0 Å². The first-order valence-electron chi connectivity index (χ1n) is 7.69. The van der Waals surface area contributed by atoms with Gasteiger partial charge in [0.1, 0.15) is 0 Å². The van der Waals surface area contributed by atoms with Crippen molar-refractivity contribution in [3.63, 3.8) is 0 Å². The minimum absolute atomic E-state index is 0.278. The second-order valence-electron chi connectivity index (χ2n) is 6.50. The SMILES string of the molecule is CNCC1CCCC1C1CCOC2(CCSC2)C1. The van der Waals surface area contributed by atoms with Crippen molar-refractivity contribution in [2.75, 3.05) is 31.7 Å². The molecule has 3 heteroatoms. The first-order chi connectivity index (χ1) is 8.83. The Bertz CT molecular complexity index is 278. The van der Waals surface area contributed by atoms with Gasteiger partial charge in [-0.1, -0.05) is 6.42 Å². The van der Waals surface area contributed by atoms with E-state index in [1.54, 1.807) is 0 Å². The maximum atomic E-state index is 6.17. The Morgan fingerprint density at radius 3 is 3.06 bits per heavy atom. The number of hydrogen-bond donors (Lipinski definition) is 1. The molecule has 4 unspecified atom stereocenters. The number of thioether (sulfide) groups is 1. The molecule has 1 spiro atoms. The zero-order valence-corrected chi connectivity index (χ0v) is 12.4. The van der Waals surface area contributed by atoms with E-state index in [9.17, 15) is 0 Å². The van der Waals surface area contributed by atoms with Crippen molar-refractivity contribution in [1.82, 2.24) is 5.32 Å². The van der Waals surface area contributed by atoms with Gasteiger partial charge in [0.25, 0.3) is 0 Å². The maximum Gasteiger partial charge on any atom is 0.0783 e. The lowest BCUT2D eigenvalue weighted by atomic mass is 9.74. The molecule has 0 aromatic carbocycles. The zero-order chi connectivity index (χ0) is 12.4. The van der Waals surface area contributed by atoms with Crippen LogP contribution in [0.15, 0.2) is 0 Å². The second-order valence-corrected chi connectivity index (χ2v) is 7.60. The van der Waals surface area contributed by atoms with E-state index >= 15 is 0 Å². The number of ether oxygens (including phenoxy) is 1. The fraction of sp³-hybridized carbons (Fsp3) is 1.00. The van der Waals surface area contributed by atoms with Crippen molar-refractivity contribution in [2.45, 2.75) is 44.1 Å². The van der Waals surface area contributed by atoms with Crippen LogP contribution in [0, 0.1) is 17.8 Å². The molecule has 104 valence electrons. The molecule has 1 N–H and O–H groups in total. The van der Waals surface area contributed by atoms with Crippen molar-refractivity contribution in [3.05, 3.63) is 0 Å². The maximum absolute atomic E-state index is 6.17. The summed E-state index contributed by atoms with van der Waals surface area (Å²) in [6.45, 7) is 2.25. The average molecular weight is 269 g/mol. The van der Waals surface area contributed by atoms with E-state index in [2.05, 4.69) is 24.1 Å². The third-order valence-electron chi connectivity index (χ3n) is 5.39. The number of hydrogen-bond acceptors (Lipinski definition) is 3. The summed E-state index contributed by atoms with van der Waals surface area (Å²) in [5, 5.41) is 3.40. The fourth-order valence-electron chi connectivity index (χ4n) is 4.50. The van der Waals surface area contributed by atoms with E-state index in [-0.39, 0.29) is 5.60 Å². The lowest BCUT2D eigenvalue weighted by Crippen LogP contribution is -2.43. The van der Waals surface area contributed by atoms with E-state index in [0.717, 1.165) is 24.4 Å². The van der Waals surface area contributed by atoms with Gasteiger partial charge in [0, 0.05) is 12.4 Å². The molecule has 1 saturated carbocycles. The molecule has 0 amide bonds. The molecule has 0 aromatic heterocycles. The van der Waals surface area contributed by atoms with Gasteiger partial charge in [-0.2, -0.15) is 11.8 Å². The molecule has 0 radical (unpaired) electrons. The van der Waals surface area contributed by atoms with Gasteiger partial charge in [-0.15, -0.1) is 0 Å². The lowest BCUT2D eigenvalue weighted by Gasteiger charge is -2.41. The van der Waals surface area contributed by atoms with Gasteiger partial charge in [0.15, 0.2) is 0 Å². The molecule has 0 bridgehead atoms. The van der Waals surface area contributed by atoms with Crippen LogP contribution in [-0.2, 0) is 4.74 Å². The molecule has 18 heavy (non-hydrogen) atoms. The Kier molecular flexibility index (Phi) is 4.21. The summed E-state index contributed by atoms with van der Waals surface area (Å²) in [6.07, 6.45) is 8.35. The quantitative estimate of drug-likeness (QED) is 0.851. The molecule has 1 aliphatic carbocycles. The summed E-state index contributed by atoms with van der Waals surface area (Å²) >= 11 is 2.10. The molecule has 3 rings (SSSR count). The van der Waals surface area contributed by atoms with Gasteiger partial charge in [-0.25, -0.2) is 0 Å². The van der Waals surface area contributed by atoms with Crippen LogP contribution in [0.3, 0.4) is 0 Å². The fourth-order valence-corrected chi connectivity index (χ4v) is 5.87. The van der Waals surface area contributed by atoms with Crippen molar-refractivity contribution in [3.8, 4) is 0 Å². The van der Waals surface area contributed by atoms with Crippen LogP contribution in [0.2, 0.25) is 0 Å². The highest BCUT2D eigenvalue weighted by Crippen LogP contribution is 2.47. The monoisotopic (exact) mass is 269 g/mol. The molecule has 2 nitrogen and oxygen atoms in total. The molecule has 2 saturated heterocycles. The Hall–Kier alpha value is 0.270. The van der Waals surface area contributed by atoms with Crippen LogP contribution in [0.25, 0.3) is 0 Å². The highest BCUT2D eigenvalue weighted by molar-refractivity contribution is 7.99. The van der Waals surface area contributed by atoms with Crippen LogP contribution in [0.5, 0.6) is 0 Å². The summed E-state index contributed by atoms with van der Waals surface area (Å²) in [5.74, 6) is 5.43. The molecule has 0 aromatic rings.